The number of rotatable bonds is 69. The second-order valence-electron chi connectivity index (χ2n) is 28.5. The molecule has 1 aliphatic rings. The molecule has 5 unspecified atom stereocenters. The molecule has 1 saturated heterocycles. The lowest BCUT2D eigenvalue weighted by Gasteiger charge is -2.37. The molecular weight excluding hydrogens is 1190 g/mol. The fourth-order valence-corrected chi connectivity index (χ4v) is 13.3. The highest BCUT2D eigenvalue weighted by Gasteiger charge is 2.27. The Kier molecular flexibility index (Phi) is 61.2. The quantitative estimate of drug-likeness (QED) is 0.0323. The molecule has 0 aromatic heterocycles. The van der Waals surface area contributed by atoms with Crippen molar-refractivity contribution in [1.29, 1.82) is 0 Å². The van der Waals surface area contributed by atoms with Crippen LogP contribution in [0.2, 0.25) is 0 Å². The Morgan fingerprint density at radius 2 is 0.421 bits per heavy atom. The van der Waals surface area contributed by atoms with Gasteiger partial charge in [0.1, 0.15) is 33.0 Å². The lowest BCUT2D eigenvalue weighted by molar-refractivity contribution is -0.151. The number of piperazine rings is 1. The molecule has 95 heavy (non-hydrogen) atoms. The molecule has 0 aliphatic carbocycles. The molecule has 15 heteroatoms. The lowest BCUT2D eigenvalue weighted by Crippen LogP contribution is -2.51. The third-order valence-corrected chi connectivity index (χ3v) is 20.1. The van der Waals surface area contributed by atoms with Gasteiger partial charge in [0.2, 0.25) is 0 Å². The Bertz CT molecular complexity index is 1700. The molecule has 0 aromatic carbocycles. The molecule has 0 amide bonds. The second kappa shape index (κ2) is 64.5. The van der Waals surface area contributed by atoms with Crippen molar-refractivity contribution < 1.29 is 47.7 Å². The van der Waals surface area contributed by atoms with Crippen LogP contribution in [0.3, 0.4) is 0 Å². The fraction of sp³-hybridized carbons (Fsp3) is 0.938. The first-order valence-electron chi connectivity index (χ1n) is 40.8. The molecule has 560 valence electrons. The zero-order chi connectivity index (χ0) is 69.6. The minimum absolute atomic E-state index is 0.0470. The van der Waals surface area contributed by atoms with E-state index in [9.17, 15) is 24.0 Å². The summed E-state index contributed by atoms with van der Waals surface area (Å²) in [7, 11) is 0. The molecule has 0 radical (unpaired) electrons. The van der Waals surface area contributed by atoms with Crippen LogP contribution in [0.4, 0.5) is 0 Å². The van der Waals surface area contributed by atoms with Crippen molar-refractivity contribution in [3.05, 3.63) is 0 Å². The summed E-state index contributed by atoms with van der Waals surface area (Å²) in [5.74, 6) is -0.654. The highest BCUT2D eigenvalue weighted by Crippen LogP contribution is 2.24. The summed E-state index contributed by atoms with van der Waals surface area (Å²) in [5, 5.41) is 0. The van der Waals surface area contributed by atoms with Gasteiger partial charge >= 0.3 is 29.8 Å². The van der Waals surface area contributed by atoms with Crippen LogP contribution < -0.4 is 0 Å². The fourth-order valence-electron chi connectivity index (χ4n) is 13.3. The Balaban J connectivity index is 3.37. The summed E-state index contributed by atoms with van der Waals surface area (Å²) in [6, 6.07) is 0. The van der Waals surface area contributed by atoms with Gasteiger partial charge in [-0.1, -0.05) is 262 Å². The maximum Gasteiger partial charge on any atom is 0.308 e. The largest absolute Gasteiger partial charge is 0.464 e. The molecule has 1 fully saturated rings. The van der Waals surface area contributed by atoms with E-state index < -0.39 is 0 Å². The van der Waals surface area contributed by atoms with Crippen LogP contribution in [0.25, 0.3) is 0 Å². The average molecular weight is 1350 g/mol. The molecule has 5 atom stereocenters. The number of hydrogen-bond donors (Lipinski definition) is 0. The molecule has 1 heterocycles. The summed E-state index contributed by atoms with van der Waals surface area (Å²) in [6.45, 7) is 35.0. The van der Waals surface area contributed by atoms with E-state index >= 15 is 0 Å². The molecule has 1 aliphatic heterocycles. The number of carbonyl (C=O) groups excluding carboxylic acids is 5. The molecule has 0 N–H and O–H groups in total. The first kappa shape index (κ1) is 90.2. The van der Waals surface area contributed by atoms with Gasteiger partial charge in [-0.05, 0) is 64.2 Å². The van der Waals surface area contributed by atoms with Gasteiger partial charge in [0.15, 0.2) is 0 Å². The van der Waals surface area contributed by atoms with E-state index in [1.165, 1.54) is 51.4 Å². The van der Waals surface area contributed by atoms with Crippen LogP contribution in [0, 0.1) is 29.6 Å². The summed E-state index contributed by atoms with van der Waals surface area (Å²) >= 11 is 0. The van der Waals surface area contributed by atoms with E-state index in [2.05, 4.69) is 93.7 Å². The van der Waals surface area contributed by atoms with Crippen LogP contribution in [-0.2, 0) is 47.7 Å². The van der Waals surface area contributed by atoms with Crippen molar-refractivity contribution in [2.45, 2.75) is 326 Å². The van der Waals surface area contributed by atoms with Gasteiger partial charge in [-0.3, -0.25) is 48.5 Å². The molecule has 0 bridgehead atoms. The molecule has 0 saturated carbocycles. The van der Waals surface area contributed by atoms with Crippen LogP contribution in [0.1, 0.15) is 326 Å². The van der Waals surface area contributed by atoms with Gasteiger partial charge in [0.05, 0.1) is 29.6 Å². The summed E-state index contributed by atoms with van der Waals surface area (Å²) < 4.78 is 30.6. The van der Waals surface area contributed by atoms with Crippen LogP contribution >= 0.6 is 0 Å². The second-order valence-corrected chi connectivity index (χ2v) is 28.5. The van der Waals surface area contributed by atoms with Gasteiger partial charge in [0.25, 0.3) is 0 Å². The van der Waals surface area contributed by atoms with E-state index in [1.807, 2.05) is 0 Å². The summed E-state index contributed by atoms with van der Waals surface area (Å²) in [6.07, 6.45) is 42.0. The van der Waals surface area contributed by atoms with Crippen molar-refractivity contribution in [2.24, 2.45) is 29.6 Å². The predicted octanol–water partition coefficient (Wildman–Crippen LogP) is 18.1. The standard InChI is InChI=1S/C80H155N5O10/c1-11-21-31-36-46-71(41-26-16-6)76(86)91-66-61-83(58-60-85(64-69-94-79(89)74(44-29-19-9)49-39-34-24-14-4)65-70-95-80(90)75(45-30-20-10)50-40-35-25-15-5)57-55-81-51-53-82(54-52-81)56-59-84(62-67-92-77(87)72(42-27-17-7)47-37-32-22-12-2)63-68-93-78(88)73(43-28-18-8)48-38-33-23-13-3/h71-75H,11-70H2,1-10H3. The molecular formula is C80H155N5O10. The maximum absolute atomic E-state index is 13.8. The van der Waals surface area contributed by atoms with Crippen LogP contribution in [0.15, 0.2) is 0 Å². The summed E-state index contributed by atoms with van der Waals surface area (Å²) in [5.41, 5.74) is 0. The average Bonchev–Trinajstić information content (AvgIpc) is 2.13. The minimum atomic E-state index is -0.0825. The van der Waals surface area contributed by atoms with Crippen molar-refractivity contribution in [3.63, 3.8) is 0 Å². The highest BCUT2D eigenvalue weighted by atomic mass is 16.5. The zero-order valence-corrected chi connectivity index (χ0v) is 64.1. The number of esters is 5. The monoisotopic (exact) mass is 1350 g/mol. The molecule has 1 rings (SSSR count). The first-order valence-corrected chi connectivity index (χ1v) is 40.8. The van der Waals surface area contributed by atoms with Crippen LogP contribution in [0.5, 0.6) is 0 Å². The SMILES string of the molecule is CCCCCCC(CCCC)C(=O)OCCN(CCOC(=O)C(CCCC)CCCCCC)CCN(CCOC(=O)C(CCCC)CCCCCC)CCN1CCN(CCN(CCOC(=O)C(CCCC)CCCCCC)CCOC(=O)C(CCCC)CCCCCC)CC1. The topological polar surface area (TPSA) is 148 Å². The van der Waals surface area contributed by atoms with E-state index in [1.54, 1.807) is 0 Å². The lowest BCUT2D eigenvalue weighted by atomic mass is 9.95. The molecule has 0 spiro atoms. The van der Waals surface area contributed by atoms with E-state index in [4.69, 9.17) is 23.7 Å². The van der Waals surface area contributed by atoms with Gasteiger partial charge in [-0.15, -0.1) is 0 Å². The van der Waals surface area contributed by atoms with E-state index in [0.29, 0.717) is 59.1 Å². The Morgan fingerprint density at radius 1 is 0.242 bits per heavy atom. The van der Waals surface area contributed by atoms with Crippen molar-refractivity contribution in [3.8, 4) is 0 Å². The smallest absolute Gasteiger partial charge is 0.308 e. The predicted molar refractivity (Wildman–Crippen MR) is 396 cm³/mol. The Labute approximate surface area is 586 Å². The minimum Gasteiger partial charge on any atom is -0.464 e. The highest BCUT2D eigenvalue weighted by molar-refractivity contribution is 5.74. The first-order chi connectivity index (χ1) is 46.4. The molecule has 15 nitrogen and oxygen atoms in total. The summed E-state index contributed by atoms with van der Waals surface area (Å²) in [4.78, 5) is 80.6. The number of unbranched alkanes of at least 4 members (excludes halogenated alkanes) is 20. The van der Waals surface area contributed by atoms with Gasteiger partial charge in [0, 0.05) is 98.2 Å². The maximum atomic E-state index is 13.8. The van der Waals surface area contributed by atoms with Gasteiger partial charge < -0.3 is 23.7 Å². The molecule has 0 aromatic rings. The van der Waals surface area contributed by atoms with Crippen molar-refractivity contribution in [1.82, 2.24) is 24.5 Å². The number of hydrogen-bond acceptors (Lipinski definition) is 15. The number of carbonyl (C=O) groups is 5. The Hall–Kier alpha value is -2.85. The number of nitrogens with zero attached hydrogens (tertiary/aromatic N) is 5. The zero-order valence-electron chi connectivity index (χ0n) is 64.1. The van der Waals surface area contributed by atoms with Crippen LogP contribution in [-0.4, -0.2) is 186 Å². The van der Waals surface area contributed by atoms with E-state index in [0.717, 1.165) is 264 Å². The van der Waals surface area contributed by atoms with Gasteiger partial charge in [-0.2, -0.15) is 0 Å². The number of ether oxygens (including phenoxy) is 5. The van der Waals surface area contributed by atoms with Gasteiger partial charge in [-0.25, -0.2) is 0 Å². The van der Waals surface area contributed by atoms with Crippen molar-refractivity contribution in [2.75, 3.05) is 131 Å². The normalized spacial score (nSPS) is 14.7. The third kappa shape index (κ3) is 48.6. The van der Waals surface area contributed by atoms with Crippen molar-refractivity contribution >= 4 is 29.8 Å². The van der Waals surface area contributed by atoms with E-state index in [-0.39, 0.29) is 72.6 Å². The third-order valence-electron chi connectivity index (χ3n) is 20.1. The Morgan fingerprint density at radius 3 is 0.621 bits per heavy atom.